The van der Waals surface area contributed by atoms with Crippen LogP contribution in [0, 0.1) is 11.6 Å². The van der Waals surface area contributed by atoms with Crippen molar-refractivity contribution in [2.45, 2.75) is 0 Å². The van der Waals surface area contributed by atoms with Crippen molar-refractivity contribution in [3.8, 4) is 16.9 Å². The Morgan fingerprint density at radius 3 is 2.44 bits per heavy atom. The van der Waals surface area contributed by atoms with E-state index < -0.39 is 17.6 Å². The number of hydrazone groups is 1. The van der Waals surface area contributed by atoms with Gasteiger partial charge >= 0.3 is 5.97 Å². The van der Waals surface area contributed by atoms with Crippen LogP contribution in [0.1, 0.15) is 15.9 Å². The molecule has 0 aliphatic carbocycles. The number of carbonyl (C=O) groups is 1. The third-order valence-corrected chi connectivity index (χ3v) is 5.08. The molecule has 2 N–H and O–H groups in total. The van der Waals surface area contributed by atoms with Crippen LogP contribution in [0.25, 0.3) is 16.9 Å². The molecule has 0 aliphatic rings. The number of carboxylic acids is 1. The Morgan fingerprint density at radius 2 is 1.78 bits per heavy atom. The van der Waals surface area contributed by atoms with E-state index in [2.05, 4.69) is 31.6 Å². The summed E-state index contributed by atoms with van der Waals surface area (Å²) >= 11 is 3.36. The molecule has 4 rings (SSSR count). The van der Waals surface area contributed by atoms with E-state index in [1.165, 1.54) is 29.1 Å². The van der Waals surface area contributed by atoms with Gasteiger partial charge in [-0.1, -0.05) is 15.9 Å². The van der Waals surface area contributed by atoms with Gasteiger partial charge in [0.05, 0.1) is 23.2 Å². The van der Waals surface area contributed by atoms with Gasteiger partial charge in [0.25, 0.3) is 0 Å². The second-order valence-corrected chi connectivity index (χ2v) is 7.65. The van der Waals surface area contributed by atoms with Crippen LogP contribution >= 0.6 is 15.9 Å². The normalized spacial score (nSPS) is 11.1. The second-order valence-electron chi connectivity index (χ2n) is 6.73. The first kappa shape index (κ1) is 21.4. The number of anilines is 1. The van der Waals surface area contributed by atoms with Crippen molar-refractivity contribution >= 4 is 33.8 Å². The van der Waals surface area contributed by atoms with Crippen LogP contribution in [0.2, 0.25) is 0 Å². The van der Waals surface area contributed by atoms with Crippen molar-refractivity contribution in [1.29, 1.82) is 0 Å². The molecule has 0 bridgehead atoms. The molecule has 3 aromatic carbocycles. The van der Waals surface area contributed by atoms with Gasteiger partial charge in [0, 0.05) is 27.9 Å². The minimum atomic E-state index is -1.04. The molecule has 0 aliphatic heterocycles. The lowest BCUT2D eigenvalue weighted by molar-refractivity contribution is 0.0697. The van der Waals surface area contributed by atoms with Crippen molar-refractivity contribution in [2.75, 3.05) is 5.43 Å². The van der Waals surface area contributed by atoms with Gasteiger partial charge in [0.15, 0.2) is 0 Å². The third-order valence-electron chi connectivity index (χ3n) is 4.55. The minimum absolute atomic E-state index is 0.109. The summed E-state index contributed by atoms with van der Waals surface area (Å²) in [5.74, 6) is -2.49. The maximum atomic E-state index is 14.5. The predicted molar refractivity (Wildman–Crippen MR) is 121 cm³/mol. The zero-order chi connectivity index (χ0) is 22.7. The molecule has 0 spiro atoms. The largest absolute Gasteiger partial charge is 0.478 e. The molecule has 4 aromatic rings. The highest BCUT2D eigenvalue weighted by Gasteiger charge is 2.16. The molecule has 0 unspecified atom stereocenters. The zero-order valence-electron chi connectivity index (χ0n) is 16.3. The van der Waals surface area contributed by atoms with Crippen LogP contribution in [-0.2, 0) is 0 Å². The van der Waals surface area contributed by atoms with E-state index in [0.717, 1.165) is 22.3 Å². The van der Waals surface area contributed by atoms with Gasteiger partial charge in [-0.05, 0) is 60.7 Å². The van der Waals surface area contributed by atoms with Crippen molar-refractivity contribution in [3.63, 3.8) is 0 Å². The molecule has 0 saturated carbocycles. The van der Waals surface area contributed by atoms with Gasteiger partial charge in [0.2, 0.25) is 0 Å². The van der Waals surface area contributed by atoms with Crippen LogP contribution < -0.4 is 5.43 Å². The van der Waals surface area contributed by atoms with Gasteiger partial charge in [-0.3, -0.25) is 5.43 Å². The number of hydrogen-bond acceptors (Lipinski definition) is 4. The molecule has 9 heteroatoms. The van der Waals surface area contributed by atoms with Crippen LogP contribution in [0.5, 0.6) is 0 Å². The molecule has 0 amide bonds. The minimum Gasteiger partial charge on any atom is -0.478 e. The molecule has 32 heavy (non-hydrogen) atoms. The average Bonchev–Trinajstić information content (AvgIpc) is 3.19. The standard InChI is InChI=1S/C23H15BrF2N4O2/c24-16-3-6-18(7-4-16)28-27-12-15-13-30(19-8-1-14(2-9-19)23(31)32)29-22(15)20-10-5-17(25)11-21(20)26/h1-13,28H,(H,31,32)/b27-12+. The number of benzene rings is 3. The van der Waals surface area contributed by atoms with E-state index in [0.29, 0.717) is 11.3 Å². The van der Waals surface area contributed by atoms with Gasteiger partial charge in [0.1, 0.15) is 17.3 Å². The van der Waals surface area contributed by atoms with E-state index in [1.54, 1.807) is 18.3 Å². The summed E-state index contributed by atoms with van der Waals surface area (Å²) in [5.41, 5.74) is 5.17. The summed E-state index contributed by atoms with van der Waals surface area (Å²) in [6.45, 7) is 0. The number of aromatic carboxylic acids is 1. The second kappa shape index (κ2) is 9.11. The van der Waals surface area contributed by atoms with E-state index in [-0.39, 0.29) is 16.8 Å². The first-order valence-electron chi connectivity index (χ1n) is 9.34. The van der Waals surface area contributed by atoms with Crippen LogP contribution in [0.4, 0.5) is 14.5 Å². The molecule has 160 valence electrons. The fourth-order valence-corrected chi connectivity index (χ4v) is 3.23. The summed E-state index contributed by atoms with van der Waals surface area (Å²) in [6.07, 6.45) is 3.11. The lowest BCUT2D eigenvalue weighted by atomic mass is 10.1. The zero-order valence-corrected chi connectivity index (χ0v) is 17.9. The highest BCUT2D eigenvalue weighted by Crippen LogP contribution is 2.26. The van der Waals surface area contributed by atoms with Crippen molar-refractivity contribution in [2.24, 2.45) is 5.10 Å². The van der Waals surface area contributed by atoms with Crippen molar-refractivity contribution < 1.29 is 18.7 Å². The number of aromatic nitrogens is 2. The van der Waals surface area contributed by atoms with Crippen LogP contribution in [0.3, 0.4) is 0 Å². The van der Waals surface area contributed by atoms with Gasteiger partial charge in [-0.15, -0.1) is 0 Å². The monoisotopic (exact) mass is 496 g/mol. The summed E-state index contributed by atoms with van der Waals surface area (Å²) in [6, 6.07) is 16.7. The number of nitrogens with one attached hydrogen (secondary N) is 1. The molecule has 0 saturated heterocycles. The smallest absolute Gasteiger partial charge is 0.335 e. The molecule has 1 aromatic heterocycles. The summed E-state index contributed by atoms with van der Waals surface area (Å²) in [7, 11) is 0. The number of hydrogen-bond donors (Lipinski definition) is 2. The highest BCUT2D eigenvalue weighted by molar-refractivity contribution is 9.10. The molecular weight excluding hydrogens is 482 g/mol. The third kappa shape index (κ3) is 4.73. The summed E-state index contributed by atoms with van der Waals surface area (Å²) < 4.78 is 30.3. The van der Waals surface area contributed by atoms with Gasteiger partial charge in [-0.25, -0.2) is 18.3 Å². The molecule has 0 fully saturated rings. The van der Waals surface area contributed by atoms with Gasteiger partial charge in [-0.2, -0.15) is 10.2 Å². The Morgan fingerprint density at radius 1 is 1.06 bits per heavy atom. The number of nitrogens with zero attached hydrogens (tertiary/aromatic N) is 3. The highest BCUT2D eigenvalue weighted by atomic mass is 79.9. The number of halogens is 3. The lowest BCUT2D eigenvalue weighted by Crippen LogP contribution is -1.99. The Balaban J connectivity index is 1.71. The lowest BCUT2D eigenvalue weighted by Gasteiger charge is -2.03. The fraction of sp³-hybridized carbons (Fsp3) is 0. The first-order valence-corrected chi connectivity index (χ1v) is 10.1. The Bertz CT molecular complexity index is 1300. The van der Waals surface area contributed by atoms with Gasteiger partial charge < -0.3 is 5.11 Å². The van der Waals surface area contributed by atoms with E-state index in [1.807, 2.05) is 24.3 Å². The van der Waals surface area contributed by atoms with Crippen LogP contribution in [-0.4, -0.2) is 27.1 Å². The van der Waals surface area contributed by atoms with Crippen LogP contribution in [0.15, 0.2) is 82.5 Å². The maximum Gasteiger partial charge on any atom is 0.335 e. The first-order chi connectivity index (χ1) is 15.4. The van der Waals surface area contributed by atoms with Crippen molar-refractivity contribution in [1.82, 2.24) is 9.78 Å². The molecular formula is C23H15BrF2N4O2. The molecule has 0 radical (unpaired) electrons. The average molecular weight is 497 g/mol. The fourth-order valence-electron chi connectivity index (χ4n) is 2.96. The predicted octanol–water partition coefficient (Wildman–Crippen LogP) is 5.72. The molecule has 0 atom stereocenters. The summed E-state index contributed by atoms with van der Waals surface area (Å²) in [5, 5.41) is 17.7. The Kier molecular flexibility index (Phi) is 6.09. The Labute approximate surface area is 190 Å². The van der Waals surface area contributed by atoms with E-state index in [9.17, 15) is 13.6 Å². The summed E-state index contributed by atoms with van der Waals surface area (Å²) in [4.78, 5) is 11.1. The SMILES string of the molecule is O=C(O)c1ccc(-n2cc(/C=N/Nc3ccc(Br)cc3)c(-c3ccc(F)cc3F)n2)cc1. The van der Waals surface area contributed by atoms with E-state index in [4.69, 9.17) is 5.11 Å². The molecule has 6 nitrogen and oxygen atoms in total. The number of carboxylic acid groups (broad SMARTS) is 1. The number of rotatable bonds is 6. The molecule has 1 heterocycles. The topological polar surface area (TPSA) is 79.5 Å². The van der Waals surface area contributed by atoms with E-state index >= 15 is 0 Å². The van der Waals surface area contributed by atoms with Crippen molar-refractivity contribution in [3.05, 3.63) is 100 Å². The quantitative estimate of drug-likeness (QED) is 0.264. The Hall–Kier alpha value is -3.85. The maximum absolute atomic E-state index is 14.5.